The van der Waals surface area contributed by atoms with Gasteiger partial charge in [-0.1, -0.05) is 30.3 Å². The molecular formula is C22H22N2O4S. The number of anilines is 1. The van der Waals surface area contributed by atoms with Crippen molar-refractivity contribution in [3.05, 3.63) is 54.1 Å². The molecule has 0 radical (unpaired) electrons. The molecule has 1 unspecified atom stereocenters. The summed E-state index contributed by atoms with van der Waals surface area (Å²) in [6, 6.07) is 15.3. The maximum absolute atomic E-state index is 13.6. The van der Waals surface area contributed by atoms with Gasteiger partial charge in [0.15, 0.2) is 11.5 Å². The van der Waals surface area contributed by atoms with Crippen LogP contribution in [0.1, 0.15) is 30.9 Å². The smallest absolute Gasteiger partial charge is 0.250 e. The number of ether oxygens (including phenoxy) is 2. The predicted octanol–water partition coefficient (Wildman–Crippen LogP) is 3.59. The molecule has 6 nitrogen and oxygen atoms in total. The van der Waals surface area contributed by atoms with Crippen LogP contribution in [-0.2, 0) is 9.59 Å². The van der Waals surface area contributed by atoms with Gasteiger partial charge in [0.1, 0.15) is 5.54 Å². The third-order valence-corrected chi connectivity index (χ3v) is 6.95. The molecule has 2 amide bonds. The maximum atomic E-state index is 13.6. The molecule has 3 aliphatic rings. The first-order chi connectivity index (χ1) is 14.2. The minimum absolute atomic E-state index is 0.0469. The van der Waals surface area contributed by atoms with Crippen molar-refractivity contribution in [2.24, 2.45) is 0 Å². The highest BCUT2D eigenvalue weighted by molar-refractivity contribution is 7.99. The number of rotatable bonds is 4. The third-order valence-electron chi connectivity index (χ3n) is 5.97. The average Bonchev–Trinajstić information content (AvgIpc) is 3.21. The van der Waals surface area contributed by atoms with Gasteiger partial charge in [-0.3, -0.25) is 9.59 Å². The zero-order valence-corrected chi connectivity index (χ0v) is 16.7. The summed E-state index contributed by atoms with van der Waals surface area (Å²) in [5.41, 5.74) is 0.916. The normalized spacial score (nSPS) is 22.1. The Morgan fingerprint density at radius 1 is 1.07 bits per heavy atom. The van der Waals surface area contributed by atoms with Gasteiger partial charge >= 0.3 is 0 Å². The first-order valence-corrected chi connectivity index (χ1v) is 11.0. The van der Waals surface area contributed by atoms with Crippen molar-refractivity contribution in [3.63, 3.8) is 0 Å². The summed E-state index contributed by atoms with van der Waals surface area (Å²) in [5.74, 6) is 2.95. The molecule has 2 aromatic carbocycles. The van der Waals surface area contributed by atoms with Gasteiger partial charge < -0.3 is 19.7 Å². The number of benzene rings is 2. The zero-order valence-electron chi connectivity index (χ0n) is 15.9. The highest BCUT2D eigenvalue weighted by atomic mass is 32.2. The first kappa shape index (κ1) is 18.4. The number of hydrogen-bond donors (Lipinski definition) is 1. The minimum atomic E-state index is -0.822. The van der Waals surface area contributed by atoms with Crippen molar-refractivity contribution >= 4 is 29.3 Å². The number of carbonyl (C=O) groups excluding carboxylic acids is 2. The Morgan fingerprint density at radius 3 is 2.59 bits per heavy atom. The second kappa shape index (κ2) is 7.30. The SMILES string of the molecule is O=C1CC(c2ccccc2)N1C1(C(=O)Nc2ccc3c(c2)OCO3)CCSCC1. The summed E-state index contributed by atoms with van der Waals surface area (Å²) < 4.78 is 10.8. The van der Waals surface area contributed by atoms with E-state index in [-0.39, 0.29) is 24.6 Å². The molecule has 150 valence electrons. The van der Waals surface area contributed by atoms with E-state index in [2.05, 4.69) is 5.32 Å². The van der Waals surface area contributed by atoms with Crippen molar-refractivity contribution in [2.75, 3.05) is 23.6 Å². The molecule has 3 heterocycles. The predicted molar refractivity (Wildman–Crippen MR) is 111 cm³/mol. The van der Waals surface area contributed by atoms with Crippen LogP contribution in [0.5, 0.6) is 11.5 Å². The Labute approximate surface area is 173 Å². The Kier molecular flexibility index (Phi) is 4.62. The second-order valence-electron chi connectivity index (χ2n) is 7.56. The van der Waals surface area contributed by atoms with Crippen LogP contribution in [0.2, 0.25) is 0 Å². The van der Waals surface area contributed by atoms with Crippen molar-refractivity contribution in [1.82, 2.24) is 4.90 Å². The second-order valence-corrected chi connectivity index (χ2v) is 8.79. The quantitative estimate of drug-likeness (QED) is 0.780. The van der Waals surface area contributed by atoms with Crippen molar-refractivity contribution in [2.45, 2.75) is 30.8 Å². The lowest BCUT2D eigenvalue weighted by molar-refractivity contribution is -0.164. The number of amides is 2. The summed E-state index contributed by atoms with van der Waals surface area (Å²) in [5, 5.41) is 3.05. The molecule has 5 rings (SSSR count). The standard InChI is InChI=1S/C22H22N2O4S/c25-20-13-17(15-4-2-1-3-5-15)24(20)22(8-10-29-11-9-22)21(26)23-16-6-7-18-19(12-16)28-14-27-18/h1-7,12,17H,8-11,13-14H2,(H,23,26). The van der Waals surface area contributed by atoms with Crippen LogP contribution >= 0.6 is 11.8 Å². The molecular weight excluding hydrogens is 388 g/mol. The van der Waals surface area contributed by atoms with Gasteiger partial charge in [-0.05, 0) is 42.0 Å². The van der Waals surface area contributed by atoms with Crippen molar-refractivity contribution < 1.29 is 19.1 Å². The molecule has 0 saturated carbocycles. The van der Waals surface area contributed by atoms with E-state index in [0.29, 0.717) is 36.4 Å². The topological polar surface area (TPSA) is 67.9 Å². The molecule has 0 bridgehead atoms. The highest BCUT2D eigenvalue weighted by Gasteiger charge is 2.55. The van der Waals surface area contributed by atoms with E-state index in [9.17, 15) is 9.59 Å². The Hall–Kier alpha value is -2.67. The first-order valence-electron chi connectivity index (χ1n) is 9.83. The van der Waals surface area contributed by atoms with Crippen LogP contribution in [0, 0.1) is 0 Å². The number of nitrogens with zero attached hydrogens (tertiary/aromatic N) is 1. The number of hydrogen-bond acceptors (Lipinski definition) is 5. The van der Waals surface area contributed by atoms with Crippen LogP contribution in [0.3, 0.4) is 0 Å². The van der Waals surface area contributed by atoms with Gasteiger partial charge in [0, 0.05) is 11.8 Å². The van der Waals surface area contributed by atoms with Gasteiger partial charge in [-0.25, -0.2) is 0 Å². The molecule has 0 spiro atoms. The summed E-state index contributed by atoms with van der Waals surface area (Å²) in [4.78, 5) is 28.1. The van der Waals surface area contributed by atoms with E-state index in [1.54, 1.807) is 12.1 Å². The van der Waals surface area contributed by atoms with Crippen LogP contribution in [0.4, 0.5) is 5.69 Å². The molecule has 1 N–H and O–H groups in total. The minimum Gasteiger partial charge on any atom is -0.454 e. The molecule has 29 heavy (non-hydrogen) atoms. The van der Waals surface area contributed by atoms with E-state index < -0.39 is 5.54 Å². The molecule has 1 atom stereocenters. The average molecular weight is 410 g/mol. The number of thioether (sulfide) groups is 1. The highest BCUT2D eigenvalue weighted by Crippen LogP contribution is 2.46. The van der Waals surface area contributed by atoms with Gasteiger partial charge in [0.2, 0.25) is 18.6 Å². The Balaban J connectivity index is 1.44. The fourth-order valence-corrected chi connectivity index (χ4v) is 5.57. The number of carbonyl (C=O) groups is 2. The number of likely N-dealkylation sites (tertiary alicyclic amines) is 1. The van der Waals surface area contributed by atoms with Crippen LogP contribution in [0.15, 0.2) is 48.5 Å². The fourth-order valence-electron chi connectivity index (χ4n) is 4.40. The molecule has 2 saturated heterocycles. The van der Waals surface area contributed by atoms with Gasteiger partial charge in [-0.15, -0.1) is 0 Å². The van der Waals surface area contributed by atoms with E-state index in [4.69, 9.17) is 9.47 Å². The summed E-state index contributed by atoms with van der Waals surface area (Å²) in [6.45, 7) is 0.189. The molecule has 2 fully saturated rings. The largest absolute Gasteiger partial charge is 0.454 e. The monoisotopic (exact) mass is 410 g/mol. The lowest BCUT2D eigenvalue weighted by Crippen LogP contribution is -2.66. The third kappa shape index (κ3) is 3.13. The number of fused-ring (bicyclic) bond motifs is 1. The van der Waals surface area contributed by atoms with E-state index >= 15 is 0 Å². The van der Waals surface area contributed by atoms with Gasteiger partial charge in [-0.2, -0.15) is 11.8 Å². The van der Waals surface area contributed by atoms with Crippen molar-refractivity contribution in [1.29, 1.82) is 0 Å². The van der Waals surface area contributed by atoms with Crippen LogP contribution < -0.4 is 14.8 Å². The fraction of sp³-hybridized carbons (Fsp3) is 0.364. The summed E-state index contributed by atoms with van der Waals surface area (Å²) in [6.07, 6.45) is 1.77. The Bertz CT molecular complexity index is 943. The molecule has 3 aliphatic heterocycles. The van der Waals surface area contributed by atoms with Crippen molar-refractivity contribution in [3.8, 4) is 11.5 Å². The summed E-state index contributed by atoms with van der Waals surface area (Å²) >= 11 is 1.83. The van der Waals surface area contributed by atoms with E-state index in [0.717, 1.165) is 17.1 Å². The van der Waals surface area contributed by atoms with E-state index in [1.165, 1.54) is 0 Å². The lowest BCUT2D eigenvalue weighted by atomic mass is 9.80. The molecule has 2 aromatic rings. The summed E-state index contributed by atoms with van der Waals surface area (Å²) in [7, 11) is 0. The van der Waals surface area contributed by atoms with Crippen LogP contribution in [0.25, 0.3) is 0 Å². The Morgan fingerprint density at radius 2 is 1.83 bits per heavy atom. The molecule has 0 aliphatic carbocycles. The molecule has 0 aromatic heterocycles. The number of nitrogens with one attached hydrogen (secondary N) is 1. The zero-order chi connectivity index (χ0) is 19.8. The van der Waals surface area contributed by atoms with Gasteiger partial charge in [0.25, 0.3) is 0 Å². The van der Waals surface area contributed by atoms with Gasteiger partial charge in [0.05, 0.1) is 12.5 Å². The maximum Gasteiger partial charge on any atom is 0.250 e. The number of β-lactam (4-membered cyclic amide) rings is 1. The lowest BCUT2D eigenvalue weighted by Gasteiger charge is -2.53. The van der Waals surface area contributed by atoms with Crippen LogP contribution in [-0.4, -0.2) is 40.6 Å². The van der Waals surface area contributed by atoms with E-state index in [1.807, 2.05) is 53.1 Å². The molecule has 7 heteroatoms.